The van der Waals surface area contributed by atoms with Crippen LogP contribution >= 0.6 is 27.3 Å². The minimum atomic E-state index is -4.71. The second-order valence-corrected chi connectivity index (χ2v) is 9.49. The summed E-state index contributed by atoms with van der Waals surface area (Å²) < 4.78 is 42.9. The van der Waals surface area contributed by atoms with Crippen LogP contribution in [0.15, 0.2) is 47.2 Å². The molecule has 1 aromatic carbocycles. The maximum atomic E-state index is 13.6. The highest BCUT2D eigenvalue weighted by atomic mass is 79.9. The van der Waals surface area contributed by atoms with Crippen molar-refractivity contribution >= 4 is 55.0 Å². The molecule has 0 radical (unpaired) electrons. The van der Waals surface area contributed by atoms with E-state index in [0.29, 0.717) is 21.4 Å². The summed E-state index contributed by atoms with van der Waals surface area (Å²) in [5.41, 5.74) is 5.99. The Morgan fingerprint density at radius 3 is 2.47 bits per heavy atom. The maximum Gasteiger partial charge on any atom is 0.433 e. The van der Waals surface area contributed by atoms with Gasteiger partial charge in [0.25, 0.3) is 5.91 Å². The van der Waals surface area contributed by atoms with E-state index in [2.05, 4.69) is 31.3 Å². The lowest BCUT2D eigenvalue weighted by Crippen LogP contribution is -2.25. The third kappa shape index (κ3) is 4.55. The summed E-state index contributed by atoms with van der Waals surface area (Å²) in [6.45, 7) is 3.44. The third-order valence-corrected chi connectivity index (χ3v) is 6.64. The Hall–Kier alpha value is -3.25. The quantitative estimate of drug-likeness (QED) is 0.339. The molecular weight excluding hydrogens is 535 g/mol. The van der Waals surface area contributed by atoms with Gasteiger partial charge in [0.1, 0.15) is 21.4 Å². The van der Waals surface area contributed by atoms with Crippen LogP contribution < -0.4 is 11.1 Å². The molecule has 3 aromatic heterocycles. The summed E-state index contributed by atoms with van der Waals surface area (Å²) in [6, 6.07) is 6.97. The van der Waals surface area contributed by atoms with Crippen molar-refractivity contribution < 1.29 is 22.8 Å². The molecule has 0 aliphatic carbocycles. The fourth-order valence-corrected chi connectivity index (χ4v) is 4.68. The number of carbonyl (C=O) groups is 2. The van der Waals surface area contributed by atoms with Gasteiger partial charge in [-0.2, -0.15) is 18.3 Å². The molecule has 4 rings (SSSR count). The fourth-order valence-electron chi connectivity index (χ4n) is 3.37. The molecular formula is C22H17BrF3N5O2S. The summed E-state index contributed by atoms with van der Waals surface area (Å²) in [5.74, 6) is -1.43. The average molecular weight is 552 g/mol. The number of benzene rings is 1. The molecule has 3 heterocycles. The van der Waals surface area contributed by atoms with Crippen LogP contribution in [0.1, 0.15) is 33.9 Å². The second-order valence-electron chi connectivity index (χ2n) is 7.57. The molecule has 1 atom stereocenters. The van der Waals surface area contributed by atoms with Crippen molar-refractivity contribution in [2.24, 2.45) is 5.73 Å². The first-order valence-electron chi connectivity index (χ1n) is 9.88. The van der Waals surface area contributed by atoms with Gasteiger partial charge in [-0.15, -0.1) is 11.3 Å². The Bertz CT molecular complexity index is 1410. The Morgan fingerprint density at radius 2 is 1.91 bits per heavy atom. The number of hydrogen-bond donors (Lipinski definition) is 2. The highest BCUT2D eigenvalue weighted by Crippen LogP contribution is 2.43. The highest BCUT2D eigenvalue weighted by Gasteiger charge is 2.35. The predicted molar refractivity (Wildman–Crippen MR) is 127 cm³/mol. The zero-order chi connectivity index (χ0) is 24.8. The van der Waals surface area contributed by atoms with Crippen LogP contribution in [0.25, 0.3) is 21.3 Å². The van der Waals surface area contributed by atoms with Gasteiger partial charge >= 0.3 is 6.18 Å². The van der Waals surface area contributed by atoms with E-state index in [0.717, 1.165) is 11.6 Å². The smallest absolute Gasteiger partial charge is 0.365 e. The molecule has 0 saturated heterocycles. The van der Waals surface area contributed by atoms with Gasteiger partial charge in [0, 0.05) is 11.6 Å². The number of fused-ring (bicyclic) bond motifs is 1. The molecule has 1 unspecified atom stereocenters. The molecule has 34 heavy (non-hydrogen) atoms. The normalized spacial score (nSPS) is 12.6. The first kappa shape index (κ1) is 23.9. The molecule has 12 heteroatoms. The number of thiophene rings is 1. The summed E-state index contributed by atoms with van der Waals surface area (Å²) in [5, 5.41) is 6.96. The number of amides is 2. The first-order valence-corrected chi connectivity index (χ1v) is 11.5. The fraction of sp³-hybridized carbons (Fsp3) is 0.182. The van der Waals surface area contributed by atoms with E-state index in [1.54, 1.807) is 37.4 Å². The Balaban J connectivity index is 1.93. The van der Waals surface area contributed by atoms with Crippen molar-refractivity contribution in [2.75, 3.05) is 5.32 Å². The summed E-state index contributed by atoms with van der Waals surface area (Å²) in [6.07, 6.45) is -1.60. The van der Waals surface area contributed by atoms with Crippen molar-refractivity contribution in [3.63, 3.8) is 0 Å². The van der Waals surface area contributed by atoms with Crippen molar-refractivity contribution in [1.82, 2.24) is 14.8 Å². The minimum absolute atomic E-state index is 0.0207. The zero-order valence-electron chi connectivity index (χ0n) is 17.8. The summed E-state index contributed by atoms with van der Waals surface area (Å²) >= 11 is 3.96. The lowest BCUT2D eigenvalue weighted by atomic mass is 10.00. The Kier molecular flexibility index (Phi) is 6.21. The Morgan fingerprint density at radius 1 is 1.24 bits per heavy atom. The molecule has 0 bridgehead atoms. The van der Waals surface area contributed by atoms with Crippen LogP contribution in [0.5, 0.6) is 0 Å². The zero-order valence-corrected chi connectivity index (χ0v) is 20.2. The molecule has 2 amide bonds. The van der Waals surface area contributed by atoms with E-state index >= 15 is 0 Å². The van der Waals surface area contributed by atoms with Crippen molar-refractivity contribution in [3.05, 3.63) is 63.3 Å². The average Bonchev–Trinajstić information content (AvgIpc) is 3.36. The number of rotatable bonds is 5. The maximum absolute atomic E-state index is 13.6. The van der Waals surface area contributed by atoms with Crippen molar-refractivity contribution in [2.45, 2.75) is 26.1 Å². The van der Waals surface area contributed by atoms with E-state index in [1.807, 2.05) is 6.92 Å². The van der Waals surface area contributed by atoms with Crippen LogP contribution in [-0.4, -0.2) is 26.6 Å². The van der Waals surface area contributed by atoms with Crippen LogP contribution in [0.3, 0.4) is 0 Å². The van der Waals surface area contributed by atoms with Crippen LogP contribution in [0, 0.1) is 6.92 Å². The van der Waals surface area contributed by atoms with E-state index < -0.39 is 29.7 Å². The van der Waals surface area contributed by atoms with Crippen LogP contribution in [0.4, 0.5) is 18.9 Å². The van der Waals surface area contributed by atoms with Gasteiger partial charge in [0.2, 0.25) is 5.91 Å². The third-order valence-electron chi connectivity index (χ3n) is 5.13. The number of nitrogens with two attached hydrogens (primary N) is 1. The standard InChI is InChI=1S/C22H17BrF3N5O2S/c1-10-3-5-12(6-4-10)14-7-15(22(24,25)26)29-21-16(14)17(18(34-21)19(27)32)30-20(33)11(2)31-9-13(23)8-28-31/h3-9,11H,1-2H3,(H2,27,32)(H,30,33). The number of aromatic nitrogens is 3. The van der Waals surface area contributed by atoms with E-state index in [1.165, 1.54) is 10.9 Å². The highest BCUT2D eigenvalue weighted by molar-refractivity contribution is 9.10. The number of pyridine rings is 1. The molecule has 7 nitrogen and oxygen atoms in total. The van der Waals surface area contributed by atoms with Gasteiger partial charge in [-0.05, 0) is 47.0 Å². The van der Waals surface area contributed by atoms with Gasteiger partial charge in [-0.3, -0.25) is 14.3 Å². The molecule has 4 aromatic rings. The van der Waals surface area contributed by atoms with Gasteiger partial charge in [0.05, 0.1) is 16.4 Å². The van der Waals surface area contributed by atoms with Crippen LogP contribution in [-0.2, 0) is 11.0 Å². The summed E-state index contributed by atoms with van der Waals surface area (Å²) in [7, 11) is 0. The number of halogens is 4. The number of hydrogen-bond acceptors (Lipinski definition) is 5. The SMILES string of the molecule is Cc1ccc(-c2cc(C(F)(F)F)nc3sc(C(N)=O)c(NC(=O)C(C)n4cc(Br)cn4)c23)cc1. The summed E-state index contributed by atoms with van der Waals surface area (Å²) in [4.78, 5) is 28.8. The van der Waals surface area contributed by atoms with Gasteiger partial charge in [-0.25, -0.2) is 4.98 Å². The molecule has 0 spiro atoms. The number of alkyl halides is 3. The number of primary amides is 1. The number of anilines is 1. The minimum Gasteiger partial charge on any atom is -0.365 e. The Labute approximate surface area is 203 Å². The van der Waals surface area contributed by atoms with Gasteiger partial charge < -0.3 is 11.1 Å². The molecule has 176 valence electrons. The van der Waals surface area contributed by atoms with E-state index in [9.17, 15) is 22.8 Å². The number of nitrogens with one attached hydrogen (secondary N) is 1. The lowest BCUT2D eigenvalue weighted by Gasteiger charge is -2.15. The van der Waals surface area contributed by atoms with Gasteiger partial charge in [-0.1, -0.05) is 29.8 Å². The van der Waals surface area contributed by atoms with E-state index in [4.69, 9.17) is 5.73 Å². The molecule has 0 aliphatic heterocycles. The molecule has 3 N–H and O–H groups in total. The lowest BCUT2D eigenvalue weighted by molar-refractivity contribution is -0.140. The molecule has 0 saturated carbocycles. The number of carbonyl (C=O) groups excluding carboxylic acids is 2. The largest absolute Gasteiger partial charge is 0.433 e. The molecule has 0 fully saturated rings. The monoisotopic (exact) mass is 551 g/mol. The van der Waals surface area contributed by atoms with Gasteiger partial charge in [0.15, 0.2) is 0 Å². The second kappa shape index (κ2) is 8.84. The predicted octanol–water partition coefficient (Wildman–Crippen LogP) is 5.55. The van der Waals surface area contributed by atoms with Crippen LogP contribution in [0.2, 0.25) is 0 Å². The van der Waals surface area contributed by atoms with E-state index in [-0.39, 0.29) is 26.3 Å². The first-order chi connectivity index (χ1) is 16.0. The molecule has 0 aliphatic rings. The van der Waals surface area contributed by atoms with Crippen molar-refractivity contribution in [1.29, 1.82) is 0 Å². The number of aryl methyl sites for hydroxylation is 1. The number of nitrogens with zero attached hydrogens (tertiary/aromatic N) is 3. The van der Waals surface area contributed by atoms with Crippen molar-refractivity contribution in [3.8, 4) is 11.1 Å². The topological polar surface area (TPSA) is 103 Å².